The predicted molar refractivity (Wildman–Crippen MR) is 191 cm³/mol. The SMILES string of the molecule is N=N/C(=C\NCCc1ccc(N=C=S)cc1)COc1cc(CN(CCOCCN(CC(=O)O)CC(=O)O)Cc2cccc(C(=O)O)n2)nc(C(=O)O)c1. The monoisotopic (exact) mass is 750 g/mol. The number of aliphatic imine (C=N–C) groups is 1. The molecule has 2 heterocycles. The van der Waals surface area contributed by atoms with Crippen molar-refractivity contribution in [3.05, 3.63) is 94.8 Å². The smallest absolute Gasteiger partial charge is 0.354 e. The Morgan fingerprint density at radius 1 is 0.868 bits per heavy atom. The first kappa shape index (κ1) is 41.4. The van der Waals surface area contributed by atoms with Crippen LogP contribution in [0.1, 0.15) is 37.9 Å². The van der Waals surface area contributed by atoms with Crippen molar-refractivity contribution in [2.75, 3.05) is 52.5 Å². The molecule has 0 bridgehead atoms. The molecule has 18 nitrogen and oxygen atoms in total. The number of ether oxygens (including phenoxy) is 2. The number of aromatic carboxylic acids is 2. The van der Waals surface area contributed by atoms with E-state index < -0.39 is 37.0 Å². The van der Waals surface area contributed by atoms with Gasteiger partial charge in [0.1, 0.15) is 23.7 Å². The van der Waals surface area contributed by atoms with Crippen LogP contribution in [0, 0.1) is 5.53 Å². The van der Waals surface area contributed by atoms with Crippen molar-refractivity contribution in [1.82, 2.24) is 25.1 Å². The lowest BCUT2D eigenvalue weighted by molar-refractivity contribution is -0.142. The Morgan fingerprint density at radius 3 is 2.13 bits per heavy atom. The summed E-state index contributed by atoms with van der Waals surface area (Å²) in [4.78, 5) is 61.0. The Bertz CT molecular complexity index is 1800. The Labute approximate surface area is 308 Å². The number of isothiocyanates is 1. The van der Waals surface area contributed by atoms with Crippen molar-refractivity contribution in [3.63, 3.8) is 0 Å². The molecule has 0 atom stereocenters. The summed E-state index contributed by atoms with van der Waals surface area (Å²) in [5, 5.41) is 46.2. The summed E-state index contributed by atoms with van der Waals surface area (Å²) in [6.45, 7) is -0.0437. The number of nitrogens with one attached hydrogen (secondary N) is 2. The van der Waals surface area contributed by atoms with Crippen LogP contribution in [-0.4, -0.2) is 122 Å². The van der Waals surface area contributed by atoms with Gasteiger partial charge in [-0.05, 0) is 48.5 Å². The zero-order valence-electron chi connectivity index (χ0n) is 28.4. The van der Waals surface area contributed by atoms with Crippen LogP contribution in [0.5, 0.6) is 5.75 Å². The van der Waals surface area contributed by atoms with Gasteiger partial charge in [0.25, 0.3) is 0 Å². The van der Waals surface area contributed by atoms with E-state index in [1.807, 2.05) is 24.3 Å². The van der Waals surface area contributed by atoms with E-state index in [1.165, 1.54) is 29.3 Å². The van der Waals surface area contributed by atoms with E-state index >= 15 is 0 Å². The zero-order chi connectivity index (χ0) is 38.6. The molecule has 6 N–H and O–H groups in total. The molecule has 19 heteroatoms. The molecular formula is C34H38N8O10S. The van der Waals surface area contributed by atoms with Gasteiger partial charge in [0.2, 0.25) is 0 Å². The number of hydrogen-bond donors (Lipinski definition) is 6. The summed E-state index contributed by atoms with van der Waals surface area (Å²) >= 11 is 4.61. The lowest BCUT2D eigenvalue weighted by Crippen LogP contribution is -2.37. The first-order chi connectivity index (χ1) is 25.4. The van der Waals surface area contributed by atoms with Gasteiger partial charge in [0, 0.05) is 51.1 Å². The van der Waals surface area contributed by atoms with Crippen LogP contribution < -0.4 is 10.1 Å². The van der Waals surface area contributed by atoms with Gasteiger partial charge in [-0.3, -0.25) is 19.4 Å². The number of carboxylic acids is 4. The average molecular weight is 751 g/mol. The van der Waals surface area contributed by atoms with Crippen molar-refractivity contribution in [2.45, 2.75) is 19.5 Å². The fraction of sp³-hybridized carbons (Fsp3) is 0.324. The van der Waals surface area contributed by atoms with Gasteiger partial charge in [0.15, 0.2) is 5.69 Å². The molecule has 0 aliphatic carbocycles. The van der Waals surface area contributed by atoms with E-state index in [9.17, 15) is 29.4 Å². The van der Waals surface area contributed by atoms with E-state index in [2.05, 4.69) is 42.8 Å². The second-order valence-electron chi connectivity index (χ2n) is 11.2. The van der Waals surface area contributed by atoms with E-state index in [1.54, 1.807) is 17.0 Å². The molecule has 0 radical (unpaired) electrons. The molecule has 0 amide bonds. The standard InChI is InChI=1S/C34H38N8O10S/c35-40-27(16-36-9-8-23-4-6-24(7-5-23)37-22-53)21-52-28-14-26(39-30(15-28)34(49)50)18-41(17-25-2-1-3-29(38-25)33(47)48)10-12-51-13-11-42(19-31(43)44)20-32(45)46/h1-7,14-16,35-36H,8-13,17-21H2,(H,43,44)(H,45,46)(H,47,48)(H,49,50)/b27-16-,40-35?. The molecule has 1 aromatic carbocycles. The van der Waals surface area contributed by atoms with Crippen LogP contribution >= 0.6 is 12.2 Å². The lowest BCUT2D eigenvalue weighted by Gasteiger charge is -2.23. The average Bonchev–Trinajstić information content (AvgIpc) is 3.11. The number of carboxylic acid groups (broad SMARTS) is 4. The van der Waals surface area contributed by atoms with Gasteiger partial charge in [-0.1, -0.05) is 18.2 Å². The summed E-state index contributed by atoms with van der Waals surface area (Å²) in [6.07, 6.45) is 2.20. The third-order valence-corrected chi connectivity index (χ3v) is 7.25. The van der Waals surface area contributed by atoms with E-state index in [0.29, 0.717) is 24.3 Å². The van der Waals surface area contributed by atoms with E-state index in [-0.39, 0.29) is 74.5 Å². The van der Waals surface area contributed by atoms with Gasteiger partial charge in [-0.2, -0.15) is 10.1 Å². The number of hydrogen-bond acceptors (Lipinski definition) is 15. The predicted octanol–water partition coefficient (Wildman–Crippen LogP) is 3.18. The Morgan fingerprint density at radius 2 is 1.51 bits per heavy atom. The van der Waals surface area contributed by atoms with E-state index in [0.717, 1.165) is 5.56 Å². The number of nitrogens with zero attached hydrogens (tertiary/aromatic N) is 6. The van der Waals surface area contributed by atoms with Crippen molar-refractivity contribution < 1.29 is 49.1 Å². The quantitative estimate of drug-likeness (QED) is 0.0314. The minimum Gasteiger partial charge on any atom is -0.487 e. The van der Waals surface area contributed by atoms with Crippen LogP contribution in [0.3, 0.4) is 0 Å². The van der Waals surface area contributed by atoms with Gasteiger partial charge in [-0.25, -0.2) is 25.1 Å². The van der Waals surface area contributed by atoms with Crippen molar-refractivity contribution in [1.29, 1.82) is 5.53 Å². The Balaban J connectivity index is 1.69. The third-order valence-electron chi connectivity index (χ3n) is 7.16. The van der Waals surface area contributed by atoms with E-state index in [4.69, 9.17) is 25.2 Å². The minimum absolute atomic E-state index is 0.0229. The highest BCUT2D eigenvalue weighted by atomic mass is 32.1. The summed E-state index contributed by atoms with van der Waals surface area (Å²) < 4.78 is 11.5. The van der Waals surface area contributed by atoms with Crippen LogP contribution in [-0.2, 0) is 33.8 Å². The number of carbonyl (C=O) groups is 4. The first-order valence-electron chi connectivity index (χ1n) is 15.9. The second kappa shape index (κ2) is 22.1. The number of aliphatic carboxylic acids is 2. The maximum absolute atomic E-state index is 12.0. The number of benzene rings is 1. The van der Waals surface area contributed by atoms with Crippen molar-refractivity contribution >= 4 is 46.9 Å². The molecule has 53 heavy (non-hydrogen) atoms. The van der Waals surface area contributed by atoms with Gasteiger partial charge in [0.05, 0.1) is 48.5 Å². The second-order valence-corrected chi connectivity index (χ2v) is 11.4. The zero-order valence-corrected chi connectivity index (χ0v) is 29.2. The number of aromatic nitrogens is 2. The minimum atomic E-state index is -1.31. The number of rotatable bonds is 25. The molecule has 3 aromatic rings. The Hall–Kier alpha value is -5.98. The van der Waals surface area contributed by atoms with Gasteiger partial charge < -0.3 is 35.2 Å². The summed E-state index contributed by atoms with van der Waals surface area (Å²) in [7, 11) is 0. The molecule has 0 saturated heterocycles. The Kier molecular flexibility index (Phi) is 17.3. The fourth-order valence-electron chi connectivity index (χ4n) is 4.74. The summed E-state index contributed by atoms with van der Waals surface area (Å²) in [5.41, 5.74) is 9.76. The van der Waals surface area contributed by atoms with Crippen LogP contribution in [0.4, 0.5) is 5.69 Å². The molecule has 0 spiro atoms. The molecular weight excluding hydrogens is 712 g/mol. The molecule has 0 aliphatic rings. The molecule has 2 aromatic heterocycles. The summed E-state index contributed by atoms with van der Waals surface area (Å²) in [6, 6.07) is 14.8. The topological polar surface area (TPSA) is 261 Å². The van der Waals surface area contributed by atoms with Gasteiger partial charge in [-0.15, -0.1) is 0 Å². The largest absolute Gasteiger partial charge is 0.487 e. The molecule has 0 aliphatic heterocycles. The maximum atomic E-state index is 12.0. The molecule has 0 saturated carbocycles. The maximum Gasteiger partial charge on any atom is 0.354 e. The third kappa shape index (κ3) is 15.8. The molecule has 0 unspecified atom stereocenters. The normalized spacial score (nSPS) is 11.2. The van der Waals surface area contributed by atoms with Crippen molar-refractivity contribution in [3.8, 4) is 5.75 Å². The molecule has 3 rings (SSSR count). The molecule has 0 fully saturated rings. The highest BCUT2D eigenvalue weighted by Crippen LogP contribution is 2.19. The lowest BCUT2D eigenvalue weighted by atomic mass is 10.1. The van der Waals surface area contributed by atoms with Crippen molar-refractivity contribution in [2.24, 2.45) is 10.1 Å². The van der Waals surface area contributed by atoms with Crippen LogP contribution in [0.25, 0.3) is 0 Å². The fourth-order valence-corrected chi connectivity index (χ4v) is 4.84. The highest BCUT2D eigenvalue weighted by Gasteiger charge is 2.17. The number of thiocarbonyl (C=S) groups is 1. The summed E-state index contributed by atoms with van der Waals surface area (Å²) in [5.74, 6) is -4.73. The van der Waals surface area contributed by atoms with Crippen LogP contribution in [0.2, 0.25) is 0 Å². The molecule has 280 valence electrons. The first-order valence-corrected chi connectivity index (χ1v) is 16.4. The van der Waals surface area contributed by atoms with Crippen LogP contribution in [0.15, 0.2) is 76.6 Å². The number of pyridine rings is 2. The van der Waals surface area contributed by atoms with Gasteiger partial charge >= 0.3 is 23.9 Å². The highest BCUT2D eigenvalue weighted by molar-refractivity contribution is 7.78.